The number of hydrogen-bond acceptors (Lipinski definition) is 2. The number of nitrogens with zero attached hydrogens (tertiary/aromatic N) is 1. The highest BCUT2D eigenvalue weighted by Crippen LogP contribution is 2.15. The van der Waals surface area contributed by atoms with Crippen LogP contribution in [0.4, 0.5) is 0 Å². The lowest BCUT2D eigenvalue weighted by Gasteiger charge is -2.15. The highest BCUT2D eigenvalue weighted by Gasteiger charge is 2.22. The van der Waals surface area contributed by atoms with Gasteiger partial charge in [0, 0.05) is 24.0 Å². The van der Waals surface area contributed by atoms with E-state index in [1.54, 1.807) is 0 Å². The van der Waals surface area contributed by atoms with Crippen LogP contribution in [-0.2, 0) is 5.33 Å². The largest absolute Gasteiger partial charge is 0.352 e. The second kappa shape index (κ2) is 7.79. The topological polar surface area (TPSA) is 32.3 Å². The van der Waals surface area contributed by atoms with Crippen molar-refractivity contribution in [3.63, 3.8) is 0 Å². The van der Waals surface area contributed by atoms with Gasteiger partial charge >= 0.3 is 0 Å². The standard InChI is InChI=1S/C16H23BrN2O/c1-2-8-19-9-7-14(12-19)11-18-16(20)15-5-3-13(10-17)4-6-15/h3-6,14H,2,7-12H2,1H3,(H,18,20). The van der Waals surface area contributed by atoms with E-state index in [-0.39, 0.29) is 5.91 Å². The number of carbonyl (C=O) groups is 1. The van der Waals surface area contributed by atoms with Crippen molar-refractivity contribution in [2.24, 2.45) is 5.92 Å². The molecule has 0 radical (unpaired) electrons. The normalized spacial score (nSPS) is 19.2. The van der Waals surface area contributed by atoms with Crippen molar-refractivity contribution in [3.05, 3.63) is 35.4 Å². The zero-order chi connectivity index (χ0) is 14.4. The highest BCUT2D eigenvalue weighted by molar-refractivity contribution is 9.08. The molecule has 110 valence electrons. The van der Waals surface area contributed by atoms with E-state index in [2.05, 4.69) is 33.1 Å². The van der Waals surface area contributed by atoms with Gasteiger partial charge in [-0.1, -0.05) is 35.0 Å². The predicted molar refractivity (Wildman–Crippen MR) is 86.2 cm³/mol. The number of nitrogens with one attached hydrogen (secondary N) is 1. The highest BCUT2D eigenvalue weighted by atomic mass is 79.9. The van der Waals surface area contributed by atoms with Gasteiger partial charge in [0.05, 0.1) is 0 Å². The predicted octanol–water partition coefficient (Wildman–Crippen LogP) is 3.04. The summed E-state index contributed by atoms with van der Waals surface area (Å²) in [5.74, 6) is 0.646. The lowest BCUT2D eigenvalue weighted by Crippen LogP contribution is -2.31. The summed E-state index contributed by atoms with van der Waals surface area (Å²) in [4.78, 5) is 14.6. The third-order valence-electron chi connectivity index (χ3n) is 3.83. The van der Waals surface area contributed by atoms with Gasteiger partial charge in [-0.2, -0.15) is 0 Å². The summed E-state index contributed by atoms with van der Waals surface area (Å²) in [5, 5.41) is 3.89. The maximum Gasteiger partial charge on any atom is 0.251 e. The molecule has 3 nitrogen and oxygen atoms in total. The molecule has 1 amide bonds. The molecule has 1 aliphatic heterocycles. The molecule has 1 aromatic rings. The summed E-state index contributed by atoms with van der Waals surface area (Å²) < 4.78 is 0. The summed E-state index contributed by atoms with van der Waals surface area (Å²) >= 11 is 3.41. The minimum atomic E-state index is 0.0417. The number of amides is 1. The molecule has 1 fully saturated rings. The van der Waals surface area contributed by atoms with Crippen LogP contribution in [0.3, 0.4) is 0 Å². The number of halogens is 1. The van der Waals surface area contributed by atoms with Crippen LogP contribution in [0, 0.1) is 5.92 Å². The van der Waals surface area contributed by atoms with Gasteiger partial charge in [0.15, 0.2) is 0 Å². The summed E-state index contributed by atoms with van der Waals surface area (Å²) in [7, 11) is 0. The van der Waals surface area contributed by atoms with E-state index in [4.69, 9.17) is 0 Å². The monoisotopic (exact) mass is 338 g/mol. The minimum Gasteiger partial charge on any atom is -0.352 e. The fourth-order valence-corrected chi connectivity index (χ4v) is 3.06. The molecule has 0 spiro atoms. The molecule has 0 aliphatic carbocycles. The van der Waals surface area contributed by atoms with Crippen molar-refractivity contribution < 1.29 is 4.79 Å². The van der Waals surface area contributed by atoms with Gasteiger partial charge < -0.3 is 10.2 Å². The lowest BCUT2D eigenvalue weighted by atomic mass is 10.1. The minimum absolute atomic E-state index is 0.0417. The number of rotatable bonds is 6. The van der Waals surface area contributed by atoms with E-state index in [9.17, 15) is 4.79 Å². The first-order valence-corrected chi connectivity index (χ1v) is 8.50. The third kappa shape index (κ3) is 4.32. The van der Waals surface area contributed by atoms with Gasteiger partial charge in [-0.05, 0) is 49.5 Å². The van der Waals surface area contributed by atoms with Crippen LogP contribution in [0.25, 0.3) is 0 Å². The number of carbonyl (C=O) groups excluding carboxylic acids is 1. The van der Waals surface area contributed by atoms with Crippen LogP contribution in [-0.4, -0.2) is 37.0 Å². The molecule has 0 bridgehead atoms. The van der Waals surface area contributed by atoms with Crippen molar-refractivity contribution in [2.45, 2.75) is 25.1 Å². The molecule has 2 rings (SSSR count). The van der Waals surface area contributed by atoms with Gasteiger partial charge in [0.2, 0.25) is 0 Å². The second-order valence-corrected chi connectivity index (χ2v) is 6.06. The zero-order valence-electron chi connectivity index (χ0n) is 12.1. The first kappa shape index (κ1) is 15.5. The van der Waals surface area contributed by atoms with Crippen LogP contribution in [0.15, 0.2) is 24.3 Å². The fraction of sp³-hybridized carbons (Fsp3) is 0.562. The van der Waals surface area contributed by atoms with Crippen molar-refractivity contribution >= 4 is 21.8 Å². The van der Waals surface area contributed by atoms with Crippen LogP contribution in [0.1, 0.15) is 35.7 Å². The number of benzene rings is 1. The summed E-state index contributed by atoms with van der Waals surface area (Å²) in [5.41, 5.74) is 1.94. The van der Waals surface area contributed by atoms with Crippen molar-refractivity contribution in [1.82, 2.24) is 10.2 Å². The van der Waals surface area contributed by atoms with Crippen molar-refractivity contribution in [1.29, 1.82) is 0 Å². The van der Waals surface area contributed by atoms with E-state index in [1.165, 1.54) is 31.5 Å². The quantitative estimate of drug-likeness (QED) is 0.808. The van der Waals surface area contributed by atoms with Crippen molar-refractivity contribution in [3.8, 4) is 0 Å². The molecular formula is C16H23BrN2O. The van der Waals surface area contributed by atoms with Crippen LogP contribution < -0.4 is 5.32 Å². The average Bonchev–Trinajstić information content (AvgIpc) is 2.93. The number of hydrogen-bond donors (Lipinski definition) is 1. The zero-order valence-corrected chi connectivity index (χ0v) is 13.7. The average molecular weight is 339 g/mol. The maximum absolute atomic E-state index is 12.1. The third-order valence-corrected chi connectivity index (χ3v) is 4.48. The Labute approximate surface area is 129 Å². The van der Waals surface area contributed by atoms with Gasteiger partial charge in [-0.3, -0.25) is 4.79 Å². The summed E-state index contributed by atoms with van der Waals surface area (Å²) in [6, 6.07) is 7.76. The molecule has 0 aromatic heterocycles. The molecule has 1 heterocycles. The number of likely N-dealkylation sites (tertiary alicyclic amines) is 1. The maximum atomic E-state index is 12.1. The molecule has 1 saturated heterocycles. The van der Waals surface area contributed by atoms with E-state index >= 15 is 0 Å². The molecule has 1 unspecified atom stereocenters. The Bertz CT molecular complexity index is 433. The first-order valence-electron chi connectivity index (χ1n) is 7.38. The Morgan fingerprint density at radius 1 is 1.40 bits per heavy atom. The Morgan fingerprint density at radius 2 is 2.15 bits per heavy atom. The lowest BCUT2D eigenvalue weighted by molar-refractivity contribution is 0.0947. The smallest absolute Gasteiger partial charge is 0.251 e. The van der Waals surface area contributed by atoms with Crippen LogP contribution in [0.2, 0.25) is 0 Å². The first-order chi connectivity index (χ1) is 9.72. The van der Waals surface area contributed by atoms with Crippen molar-refractivity contribution in [2.75, 3.05) is 26.2 Å². The second-order valence-electron chi connectivity index (χ2n) is 5.50. The Morgan fingerprint density at radius 3 is 2.80 bits per heavy atom. The van der Waals surface area contributed by atoms with E-state index in [1.807, 2.05) is 24.3 Å². The fourth-order valence-electron chi connectivity index (χ4n) is 2.68. The van der Waals surface area contributed by atoms with Gasteiger partial charge in [-0.25, -0.2) is 0 Å². The Hall–Kier alpha value is -0.870. The van der Waals surface area contributed by atoms with Gasteiger partial charge in [0.25, 0.3) is 5.91 Å². The molecule has 4 heteroatoms. The molecule has 20 heavy (non-hydrogen) atoms. The Balaban J connectivity index is 1.77. The SMILES string of the molecule is CCCN1CCC(CNC(=O)c2ccc(CBr)cc2)C1. The summed E-state index contributed by atoms with van der Waals surface area (Å²) in [6.07, 6.45) is 2.40. The molecular weight excluding hydrogens is 316 g/mol. The molecule has 1 aliphatic rings. The molecule has 1 aromatic carbocycles. The molecule has 1 N–H and O–H groups in total. The molecule has 0 saturated carbocycles. The Kier molecular flexibility index (Phi) is 6.05. The summed E-state index contributed by atoms with van der Waals surface area (Å²) in [6.45, 7) is 6.48. The van der Waals surface area contributed by atoms with Crippen LogP contribution in [0.5, 0.6) is 0 Å². The molecule has 1 atom stereocenters. The van der Waals surface area contributed by atoms with E-state index < -0.39 is 0 Å². The van der Waals surface area contributed by atoms with E-state index in [0.717, 1.165) is 24.0 Å². The van der Waals surface area contributed by atoms with E-state index in [0.29, 0.717) is 5.92 Å². The van der Waals surface area contributed by atoms with Gasteiger partial charge in [-0.15, -0.1) is 0 Å². The van der Waals surface area contributed by atoms with Gasteiger partial charge in [0.1, 0.15) is 0 Å². The number of alkyl halides is 1. The van der Waals surface area contributed by atoms with Crippen LogP contribution >= 0.6 is 15.9 Å².